The van der Waals surface area contributed by atoms with Crippen LogP contribution in [0.1, 0.15) is 0 Å². The molecule has 0 spiro atoms. The van der Waals surface area contributed by atoms with Gasteiger partial charge < -0.3 is 10.7 Å². The average Bonchev–Trinajstić information content (AvgIpc) is 3.03. The van der Waals surface area contributed by atoms with Crippen LogP contribution in [0.25, 0.3) is 11.3 Å². The number of hydrogen-bond donors (Lipinski definition) is 2. The van der Waals surface area contributed by atoms with Crippen molar-refractivity contribution in [3.05, 3.63) is 51.2 Å². The van der Waals surface area contributed by atoms with Gasteiger partial charge in [0.2, 0.25) is 0 Å². The molecule has 3 aromatic rings. The second kappa shape index (κ2) is 6.44. The molecule has 92 valence electrons. The predicted molar refractivity (Wildman–Crippen MR) is 81.5 cm³/mol. The van der Waals surface area contributed by atoms with Crippen LogP contribution >= 0.6 is 34.9 Å². The van der Waals surface area contributed by atoms with Gasteiger partial charge in [-0.1, -0.05) is 30.3 Å². The highest BCUT2D eigenvalue weighted by atomic mass is 32.1. The maximum atomic E-state index is 5.52. The maximum absolute atomic E-state index is 5.52. The van der Waals surface area contributed by atoms with Gasteiger partial charge in [0.25, 0.3) is 0 Å². The van der Waals surface area contributed by atoms with E-state index >= 15 is 0 Å². The van der Waals surface area contributed by atoms with E-state index in [0.717, 1.165) is 15.2 Å². The summed E-state index contributed by atoms with van der Waals surface area (Å²) < 4.78 is 0.843. The van der Waals surface area contributed by atoms with Crippen molar-refractivity contribution in [3.63, 3.8) is 0 Å². The Morgan fingerprint density at radius 2 is 1.94 bits per heavy atom. The lowest BCUT2D eigenvalue weighted by Crippen LogP contribution is -1.82. The van der Waals surface area contributed by atoms with Gasteiger partial charge in [-0.2, -0.15) is 0 Å². The topological polar surface area (TPSA) is 54.7 Å². The molecule has 3 N–H and O–H groups in total. The lowest BCUT2D eigenvalue weighted by Gasteiger charge is -1.92. The Balaban J connectivity index is 0.000000169. The van der Waals surface area contributed by atoms with E-state index in [2.05, 4.69) is 9.97 Å². The van der Waals surface area contributed by atoms with Gasteiger partial charge in [-0.05, 0) is 12.2 Å². The van der Waals surface area contributed by atoms with Crippen LogP contribution in [0.3, 0.4) is 0 Å². The van der Waals surface area contributed by atoms with E-state index in [9.17, 15) is 0 Å². The number of nitrogens with one attached hydrogen (secondary N) is 1. The molecule has 6 heteroatoms. The van der Waals surface area contributed by atoms with Crippen LogP contribution < -0.4 is 5.73 Å². The summed E-state index contributed by atoms with van der Waals surface area (Å²) in [5.74, 6) is 0. The number of hydrogen-bond acceptors (Lipinski definition) is 5. The van der Waals surface area contributed by atoms with Crippen LogP contribution in [-0.2, 0) is 0 Å². The van der Waals surface area contributed by atoms with Gasteiger partial charge in [-0.25, -0.2) is 4.98 Å². The fraction of sp³-hybridized carbons (Fsp3) is 0. The zero-order chi connectivity index (χ0) is 12.8. The lowest BCUT2D eigenvalue weighted by molar-refractivity contribution is 1.40. The molecule has 1 aromatic carbocycles. The van der Waals surface area contributed by atoms with Crippen molar-refractivity contribution >= 4 is 40.0 Å². The highest BCUT2D eigenvalue weighted by molar-refractivity contribution is 7.73. The molecule has 0 radical (unpaired) electrons. The first-order valence-electron chi connectivity index (χ1n) is 5.14. The molecular weight excluding hydrogens is 282 g/mol. The minimum Gasteiger partial charge on any atom is -0.375 e. The summed E-state index contributed by atoms with van der Waals surface area (Å²) in [5.41, 5.74) is 7.60. The monoisotopic (exact) mass is 293 g/mol. The second-order valence-corrected chi connectivity index (χ2v) is 5.76. The van der Waals surface area contributed by atoms with Crippen molar-refractivity contribution in [3.8, 4) is 11.3 Å². The van der Waals surface area contributed by atoms with E-state index in [1.165, 1.54) is 22.7 Å². The Kier molecular flexibility index (Phi) is 4.63. The van der Waals surface area contributed by atoms with Crippen molar-refractivity contribution in [1.82, 2.24) is 9.97 Å². The zero-order valence-corrected chi connectivity index (χ0v) is 11.8. The number of benzene rings is 1. The van der Waals surface area contributed by atoms with Crippen molar-refractivity contribution in [1.29, 1.82) is 0 Å². The van der Waals surface area contributed by atoms with E-state index in [0.29, 0.717) is 5.13 Å². The van der Waals surface area contributed by atoms with Crippen LogP contribution in [0, 0.1) is 3.95 Å². The fourth-order valence-corrected chi connectivity index (χ4v) is 2.46. The molecule has 0 saturated heterocycles. The Labute approximate surface area is 118 Å². The van der Waals surface area contributed by atoms with Crippen LogP contribution in [0.5, 0.6) is 0 Å². The minimum absolute atomic E-state index is 0.619. The van der Waals surface area contributed by atoms with Crippen LogP contribution in [-0.4, -0.2) is 9.97 Å². The largest absolute Gasteiger partial charge is 0.375 e. The number of nitrogen functional groups attached to an aromatic ring is 1. The molecule has 0 amide bonds. The van der Waals surface area contributed by atoms with Gasteiger partial charge in [0.05, 0.1) is 5.69 Å². The van der Waals surface area contributed by atoms with E-state index in [4.69, 9.17) is 18.0 Å². The minimum atomic E-state index is 0.619. The Morgan fingerprint density at radius 1 is 1.17 bits per heavy atom. The second-order valence-electron chi connectivity index (χ2n) is 3.29. The third-order valence-electron chi connectivity index (χ3n) is 2.04. The zero-order valence-electron chi connectivity index (χ0n) is 9.37. The molecule has 2 heterocycles. The summed E-state index contributed by atoms with van der Waals surface area (Å²) in [7, 11) is 0. The molecule has 0 atom stereocenters. The molecule has 3 rings (SSSR count). The number of aromatic amines is 1. The number of H-pyrrole nitrogens is 1. The first kappa shape index (κ1) is 12.9. The third-order valence-corrected chi connectivity index (χ3v) is 3.72. The number of nitrogens with two attached hydrogens (primary N) is 1. The van der Waals surface area contributed by atoms with Crippen LogP contribution in [0.2, 0.25) is 0 Å². The third kappa shape index (κ3) is 3.76. The molecule has 18 heavy (non-hydrogen) atoms. The summed E-state index contributed by atoms with van der Waals surface area (Å²) in [6.45, 7) is 0. The lowest BCUT2D eigenvalue weighted by atomic mass is 10.2. The van der Waals surface area contributed by atoms with Crippen LogP contribution in [0.4, 0.5) is 5.13 Å². The SMILES string of the molecule is Nc1nc(-c2ccccc2)cs1.S=c1[nH]ccs1. The van der Waals surface area contributed by atoms with Gasteiger partial charge >= 0.3 is 0 Å². The average molecular weight is 293 g/mol. The first-order valence-corrected chi connectivity index (χ1v) is 7.31. The van der Waals surface area contributed by atoms with Gasteiger partial charge in [0.15, 0.2) is 9.09 Å². The molecule has 0 aliphatic heterocycles. The summed E-state index contributed by atoms with van der Waals surface area (Å²) in [5, 5.41) is 4.50. The Hall–Kier alpha value is -1.50. The predicted octanol–water partition coefficient (Wildman–Crippen LogP) is 4.20. The van der Waals surface area contributed by atoms with E-state index in [-0.39, 0.29) is 0 Å². The van der Waals surface area contributed by atoms with Gasteiger partial charge in [0, 0.05) is 22.5 Å². The standard InChI is InChI=1S/C9H8N2S.C3H3NS2/c10-9-11-8(6-12-9)7-4-2-1-3-5-7;5-3-4-1-2-6-3/h1-6H,(H2,10,11);1-2H,(H,4,5). The number of nitrogens with zero attached hydrogens (tertiary/aromatic N) is 1. The van der Waals surface area contributed by atoms with Gasteiger partial charge in [0.1, 0.15) is 0 Å². The van der Waals surface area contributed by atoms with Crippen molar-refractivity contribution in [2.75, 3.05) is 5.73 Å². The summed E-state index contributed by atoms with van der Waals surface area (Å²) in [4.78, 5) is 7.01. The van der Waals surface area contributed by atoms with Crippen molar-refractivity contribution in [2.24, 2.45) is 0 Å². The van der Waals surface area contributed by atoms with Gasteiger partial charge in [-0.15, -0.1) is 22.7 Å². The summed E-state index contributed by atoms with van der Waals surface area (Å²) >= 11 is 7.71. The molecule has 0 aliphatic carbocycles. The first-order chi connectivity index (χ1) is 8.75. The molecule has 0 bridgehead atoms. The van der Waals surface area contributed by atoms with Crippen LogP contribution in [0.15, 0.2) is 47.3 Å². The Bertz CT molecular complexity index is 623. The molecule has 2 aromatic heterocycles. The molecule has 3 nitrogen and oxygen atoms in total. The molecule has 0 fully saturated rings. The quantitative estimate of drug-likeness (QED) is 0.661. The highest BCUT2D eigenvalue weighted by Gasteiger charge is 1.99. The van der Waals surface area contributed by atoms with Crippen molar-refractivity contribution < 1.29 is 0 Å². The summed E-state index contributed by atoms with van der Waals surface area (Å²) in [6.07, 6.45) is 1.83. The molecule has 0 saturated carbocycles. The number of anilines is 1. The molecule has 0 unspecified atom stereocenters. The number of aromatic nitrogens is 2. The number of rotatable bonds is 1. The Morgan fingerprint density at radius 3 is 2.39 bits per heavy atom. The smallest absolute Gasteiger partial charge is 0.180 e. The van der Waals surface area contributed by atoms with Gasteiger partial charge in [-0.3, -0.25) is 0 Å². The van der Waals surface area contributed by atoms with E-state index in [1.54, 1.807) is 0 Å². The molecule has 0 aliphatic rings. The maximum Gasteiger partial charge on any atom is 0.180 e. The summed E-state index contributed by atoms with van der Waals surface area (Å²) in [6, 6.07) is 10.0. The van der Waals surface area contributed by atoms with E-state index in [1.807, 2.05) is 47.3 Å². The van der Waals surface area contributed by atoms with E-state index < -0.39 is 0 Å². The number of thiazole rings is 2. The molecular formula is C12H11N3S3. The van der Waals surface area contributed by atoms with Crippen molar-refractivity contribution in [2.45, 2.75) is 0 Å². The highest BCUT2D eigenvalue weighted by Crippen LogP contribution is 2.22. The normalized spacial score (nSPS) is 9.56. The fourth-order valence-electron chi connectivity index (χ4n) is 1.26.